The summed E-state index contributed by atoms with van der Waals surface area (Å²) >= 11 is 1.25. The zero-order valence-electron chi connectivity index (χ0n) is 11.1. The average molecular weight is 284 g/mol. The van der Waals surface area contributed by atoms with Gasteiger partial charge in [-0.3, -0.25) is 4.79 Å². The number of aromatic nitrogens is 1. The molecule has 0 bridgehead atoms. The Bertz CT molecular complexity index is 746. The van der Waals surface area contributed by atoms with Gasteiger partial charge in [0.1, 0.15) is 0 Å². The first kappa shape index (κ1) is 12.9. The fraction of sp³-hybridized carbons (Fsp3) is 0.188. The van der Waals surface area contributed by atoms with E-state index in [0.717, 1.165) is 35.3 Å². The molecule has 102 valence electrons. The van der Waals surface area contributed by atoms with Crippen molar-refractivity contribution in [3.05, 3.63) is 63.8 Å². The molecule has 0 aliphatic heterocycles. The van der Waals surface area contributed by atoms with Crippen molar-refractivity contribution in [3.8, 4) is 0 Å². The average Bonchev–Trinajstić information content (AvgIpc) is 2.84. The van der Waals surface area contributed by atoms with Crippen LogP contribution in [0.25, 0.3) is 10.2 Å². The molecule has 2 N–H and O–H groups in total. The SMILES string of the molecule is O=c1[nH]c2ccc(NCCCc3ccccc3)cc2s1. The number of nitrogens with one attached hydrogen (secondary N) is 2. The summed E-state index contributed by atoms with van der Waals surface area (Å²) in [6.07, 6.45) is 2.17. The molecule has 0 aliphatic carbocycles. The van der Waals surface area contributed by atoms with E-state index in [2.05, 4.69) is 34.6 Å². The zero-order valence-corrected chi connectivity index (χ0v) is 11.9. The third-order valence-corrected chi connectivity index (χ3v) is 4.08. The van der Waals surface area contributed by atoms with Crippen LogP contribution < -0.4 is 10.2 Å². The Kier molecular flexibility index (Phi) is 3.83. The third-order valence-electron chi connectivity index (χ3n) is 3.24. The van der Waals surface area contributed by atoms with E-state index in [9.17, 15) is 4.79 Å². The standard InChI is InChI=1S/C16H16N2OS/c19-16-18-14-9-8-13(11-15(14)20-16)17-10-4-7-12-5-2-1-3-6-12/h1-3,5-6,8-9,11,17H,4,7,10H2,(H,18,19). The van der Waals surface area contributed by atoms with Crippen LogP contribution in [0, 0.1) is 0 Å². The monoisotopic (exact) mass is 284 g/mol. The van der Waals surface area contributed by atoms with Crippen LogP contribution in [0.2, 0.25) is 0 Å². The van der Waals surface area contributed by atoms with Gasteiger partial charge in [-0.2, -0.15) is 0 Å². The molecule has 3 nitrogen and oxygen atoms in total. The zero-order chi connectivity index (χ0) is 13.8. The molecule has 0 unspecified atom stereocenters. The Morgan fingerprint density at radius 2 is 1.95 bits per heavy atom. The van der Waals surface area contributed by atoms with E-state index < -0.39 is 0 Å². The minimum atomic E-state index is 0.00114. The van der Waals surface area contributed by atoms with E-state index in [4.69, 9.17) is 0 Å². The molecule has 0 aliphatic rings. The number of fused-ring (bicyclic) bond motifs is 1. The van der Waals surface area contributed by atoms with Crippen molar-refractivity contribution in [3.63, 3.8) is 0 Å². The molecule has 1 aromatic heterocycles. The van der Waals surface area contributed by atoms with Crippen LogP contribution >= 0.6 is 11.3 Å². The number of H-pyrrole nitrogens is 1. The Hall–Kier alpha value is -2.07. The van der Waals surface area contributed by atoms with Crippen LogP contribution in [0.15, 0.2) is 53.3 Å². The lowest BCUT2D eigenvalue weighted by Crippen LogP contribution is -2.02. The molecule has 0 atom stereocenters. The predicted molar refractivity (Wildman–Crippen MR) is 85.7 cm³/mol. The number of hydrogen-bond donors (Lipinski definition) is 2. The highest BCUT2D eigenvalue weighted by Crippen LogP contribution is 2.19. The minimum absolute atomic E-state index is 0.00114. The predicted octanol–water partition coefficient (Wildman–Crippen LogP) is 3.63. The Morgan fingerprint density at radius 1 is 1.10 bits per heavy atom. The maximum Gasteiger partial charge on any atom is 0.305 e. The number of anilines is 1. The number of benzene rings is 2. The lowest BCUT2D eigenvalue weighted by atomic mass is 10.1. The van der Waals surface area contributed by atoms with Gasteiger partial charge >= 0.3 is 4.87 Å². The van der Waals surface area contributed by atoms with Crippen LogP contribution in [0.4, 0.5) is 5.69 Å². The molecule has 1 heterocycles. The van der Waals surface area contributed by atoms with Crippen molar-refractivity contribution in [2.24, 2.45) is 0 Å². The normalized spacial score (nSPS) is 10.8. The molecule has 0 fully saturated rings. The van der Waals surface area contributed by atoms with Crippen molar-refractivity contribution < 1.29 is 0 Å². The summed E-state index contributed by atoms with van der Waals surface area (Å²) in [5, 5.41) is 3.41. The van der Waals surface area contributed by atoms with Gasteiger partial charge in [0.25, 0.3) is 0 Å². The van der Waals surface area contributed by atoms with Gasteiger partial charge in [0.15, 0.2) is 0 Å². The number of aryl methyl sites for hydroxylation is 1. The summed E-state index contributed by atoms with van der Waals surface area (Å²) in [5.41, 5.74) is 3.35. The second-order valence-corrected chi connectivity index (χ2v) is 5.76. The van der Waals surface area contributed by atoms with E-state index in [1.807, 2.05) is 24.3 Å². The maximum absolute atomic E-state index is 11.3. The van der Waals surface area contributed by atoms with Gasteiger partial charge in [-0.15, -0.1) is 0 Å². The van der Waals surface area contributed by atoms with Crippen LogP contribution in [0.1, 0.15) is 12.0 Å². The molecule has 2 aromatic carbocycles. The van der Waals surface area contributed by atoms with E-state index in [-0.39, 0.29) is 4.87 Å². The molecule has 0 amide bonds. The first-order chi connectivity index (χ1) is 9.81. The number of rotatable bonds is 5. The van der Waals surface area contributed by atoms with E-state index in [0.29, 0.717) is 0 Å². The summed E-state index contributed by atoms with van der Waals surface area (Å²) in [6, 6.07) is 16.5. The number of hydrogen-bond acceptors (Lipinski definition) is 3. The second-order valence-electron chi connectivity index (χ2n) is 4.74. The lowest BCUT2D eigenvalue weighted by molar-refractivity contribution is 0.863. The van der Waals surface area contributed by atoms with Crippen molar-refractivity contribution >= 4 is 27.2 Å². The molecule has 0 spiro atoms. The van der Waals surface area contributed by atoms with Crippen LogP contribution in [0.5, 0.6) is 0 Å². The molecule has 0 radical (unpaired) electrons. The molecule has 3 rings (SSSR count). The molecule has 0 saturated heterocycles. The highest BCUT2D eigenvalue weighted by atomic mass is 32.1. The van der Waals surface area contributed by atoms with Gasteiger partial charge < -0.3 is 10.3 Å². The van der Waals surface area contributed by atoms with E-state index in [1.54, 1.807) is 0 Å². The lowest BCUT2D eigenvalue weighted by Gasteiger charge is -2.06. The Morgan fingerprint density at radius 3 is 2.80 bits per heavy atom. The van der Waals surface area contributed by atoms with Gasteiger partial charge in [-0.1, -0.05) is 41.7 Å². The largest absolute Gasteiger partial charge is 0.385 e. The van der Waals surface area contributed by atoms with Crippen LogP contribution in [-0.4, -0.2) is 11.5 Å². The van der Waals surface area contributed by atoms with Crippen molar-refractivity contribution in [1.29, 1.82) is 0 Å². The van der Waals surface area contributed by atoms with Crippen molar-refractivity contribution in [1.82, 2.24) is 4.98 Å². The van der Waals surface area contributed by atoms with Gasteiger partial charge in [0.2, 0.25) is 0 Å². The highest BCUT2D eigenvalue weighted by molar-refractivity contribution is 7.16. The van der Waals surface area contributed by atoms with E-state index in [1.165, 1.54) is 16.9 Å². The molecular weight excluding hydrogens is 268 g/mol. The maximum atomic E-state index is 11.3. The summed E-state index contributed by atoms with van der Waals surface area (Å²) in [5.74, 6) is 0. The number of thiazole rings is 1. The minimum Gasteiger partial charge on any atom is -0.385 e. The van der Waals surface area contributed by atoms with Crippen LogP contribution in [0.3, 0.4) is 0 Å². The molecule has 3 aromatic rings. The van der Waals surface area contributed by atoms with Gasteiger partial charge in [-0.25, -0.2) is 0 Å². The third kappa shape index (κ3) is 3.08. The summed E-state index contributed by atoms with van der Waals surface area (Å²) in [7, 11) is 0. The molecule has 0 saturated carbocycles. The van der Waals surface area contributed by atoms with Crippen molar-refractivity contribution in [2.75, 3.05) is 11.9 Å². The summed E-state index contributed by atoms with van der Waals surface area (Å²) in [6.45, 7) is 0.930. The van der Waals surface area contributed by atoms with Gasteiger partial charge in [0.05, 0.1) is 10.2 Å². The molecule has 4 heteroatoms. The molecule has 20 heavy (non-hydrogen) atoms. The van der Waals surface area contributed by atoms with Gasteiger partial charge in [-0.05, 0) is 36.6 Å². The first-order valence-corrected chi connectivity index (χ1v) is 7.53. The Labute approximate surface area is 121 Å². The first-order valence-electron chi connectivity index (χ1n) is 6.72. The van der Waals surface area contributed by atoms with Gasteiger partial charge in [0, 0.05) is 12.2 Å². The topological polar surface area (TPSA) is 44.9 Å². The fourth-order valence-electron chi connectivity index (χ4n) is 2.23. The fourth-order valence-corrected chi connectivity index (χ4v) is 3.00. The van der Waals surface area contributed by atoms with Crippen LogP contribution in [-0.2, 0) is 6.42 Å². The smallest absolute Gasteiger partial charge is 0.305 e. The second kappa shape index (κ2) is 5.92. The highest BCUT2D eigenvalue weighted by Gasteiger charge is 2.00. The Balaban J connectivity index is 1.56. The quantitative estimate of drug-likeness (QED) is 0.703. The van der Waals surface area contributed by atoms with E-state index >= 15 is 0 Å². The van der Waals surface area contributed by atoms with Crippen molar-refractivity contribution in [2.45, 2.75) is 12.8 Å². The molecular formula is C16H16N2OS. The number of aromatic amines is 1. The summed E-state index contributed by atoms with van der Waals surface area (Å²) in [4.78, 5) is 14.1. The summed E-state index contributed by atoms with van der Waals surface area (Å²) < 4.78 is 1.00.